The molecule has 0 spiro atoms. The monoisotopic (exact) mass is 286 g/mol. The van der Waals surface area contributed by atoms with Gasteiger partial charge in [-0.25, -0.2) is 0 Å². The predicted octanol–water partition coefficient (Wildman–Crippen LogP) is 2.00. The average molecular weight is 287 g/mol. The SMILES string of the molecule is CNC(=O)C1CCN(C(=O)c2ccc(Cl)s2)CC1. The zero-order valence-corrected chi connectivity index (χ0v) is 11.7. The summed E-state index contributed by atoms with van der Waals surface area (Å²) in [7, 11) is 1.65. The topological polar surface area (TPSA) is 49.4 Å². The number of hydrogen-bond donors (Lipinski definition) is 1. The van der Waals surface area contributed by atoms with Gasteiger partial charge in [-0.1, -0.05) is 11.6 Å². The minimum Gasteiger partial charge on any atom is -0.359 e. The lowest BCUT2D eigenvalue weighted by molar-refractivity contribution is -0.125. The molecule has 1 aliphatic heterocycles. The van der Waals surface area contributed by atoms with E-state index in [0.717, 1.165) is 12.8 Å². The van der Waals surface area contributed by atoms with Crippen LogP contribution in [-0.4, -0.2) is 36.9 Å². The van der Waals surface area contributed by atoms with E-state index < -0.39 is 0 Å². The standard InChI is InChI=1S/C12H15ClN2O2S/c1-14-11(16)8-4-6-15(7-5-8)12(17)9-2-3-10(13)18-9/h2-3,8H,4-7H2,1H3,(H,14,16). The number of piperidine rings is 1. The number of likely N-dealkylation sites (tertiary alicyclic amines) is 1. The first-order valence-electron chi connectivity index (χ1n) is 5.88. The van der Waals surface area contributed by atoms with Crippen LogP contribution < -0.4 is 5.32 Å². The van der Waals surface area contributed by atoms with Crippen LogP contribution in [0.3, 0.4) is 0 Å². The Bertz CT molecular complexity index is 453. The maximum atomic E-state index is 12.1. The van der Waals surface area contributed by atoms with E-state index in [4.69, 9.17) is 11.6 Å². The largest absolute Gasteiger partial charge is 0.359 e. The van der Waals surface area contributed by atoms with E-state index in [0.29, 0.717) is 22.3 Å². The van der Waals surface area contributed by atoms with Crippen LogP contribution in [0.15, 0.2) is 12.1 Å². The molecular weight excluding hydrogens is 272 g/mol. The second-order valence-corrected chi connectivity index (χ2v) is 6.00. The van der Waals surface area contributed by atoms with E-state index in [1.54, 1.807) is 24.1 Å². The van der Waals surface area contributed by atoms with Gasteiger partial charge >= 0.3 is 0 Å². The average Bonchev–Trinajstić information content (AvgIpc) is 2.84. The molecule has 0 bridgehead atoms. The molecule has 1 fully saturated rings. The molecule has 0 aromatic carbocycles. The van der Waals surface area contributed by atoms with Crippen molar-refractivity contribution in [2.45, 2.75) is 12.8 Å². The Labute approximate surface area is 115 Å². The normalized spacial score (nSPS) is 16.7. The van der Waals surface area contributed by atoms with Crippen molar-refractivity contribution >= 4 is 34.8 Å². The molecule has 0 atom stereocenters. The maximum Gasteiger partial charge on any atom is 0.263 e. The van der Waals surface area contributed by atoms with Crippen molar-refractivity contribution in [1.29, 1.82) is 0 Å². The summed E-state index contributed by atoms with van der Waals surface area (Å²) in [5.74, 6) is 0.120. The number of carbonyl (C=O) groups excluding carboxylic acids is 2. The molecular formula is C12H15ClN2O2S. The zero-order valence-electron chi connectivity index (χ0n) is 10.1. The summed E-state index contributed by atoms with van der Waals surface area (Å²) in [6.45, 7) is 1.26. The molecule has 0 radical (unpaired) electrons. The maximum absolute atomic E-state index is 12.1. The molecule has 98 valence electrons. The minimum absolute atomic E-state index is 0.0160. The summed E-state index contributed by atoms with van der Waals surface area (Å²) in [5.41, 5.74) is 0. The van der Waals surface area contributed by atoms with Crippen molar-refractivity contribution < 1.29 is 9.59 Å². The van der Waals surface area contributed by atoms with Gasteiger partial charge in [-0.15, -0.1) is 11.3 Å². The summed E-state index contributed by atoms with van der Waals surface area (Å²) in [6.07, 6.45) is 1.45. The smallest absolute Gasteiger partial charge is 0.263 e. The first-order valence-corrected chi connectivity index (χ1v) is 7.07. The number of nitrogens with one attached hydrogen (secondary N) is 1. The first-order chi connectivity index (χ1) is 8.61. The number of hydrogen-bond acceptors (Lipinski definition) is 3. The lowest BCUT2D eigenvalue weighted by Crippen LogP contribution is -2.42. The fraction of sp³-hybridized carbons (Fsp3) is 0.500. The number of carbonyl (C=O) groups is 2. The van der Waals surface area contributed by atoms with E-state index in [1.165, 1.54) is 11.3 Å². The van der Waals surface area contributed by atoms with Gasteiger partial charge in [0.15, 0.2) is 0 Å². The molecule has 1 aliphatic rings. The van der Waals surface area contributed by atoms with Crippen LogP contribution in [0.1, 0.15) is 22.5 Å². The van der Waals surface area contributed by atoms with Gasteiger partial charge in [-0.05, 0) is 25.0 Å². The quantitative estimate of drug-likeness (QED) is 0.904. The number of nitrogens with zero attached hydrogens (tertiary/aromatic N) is 1. The fourth-order valence-corrected chi connectivity index (χ4v) is 3.14. The Morgan fingerprint density at radius 3 is 2.56 bits per heavy atom. The molecule has 0 unspecified atom stereocenters. The minimum atomic E-state index is 0.0160. The van der Waals surface area contributed by atoms with Gasteiger partial charge in [0.25, 0.3) is 5.91 Å². The predicted molar refractivity (Wildman–Crippen MR) is 72.0 cm³/mol. The lowest BCUT2D eigenvalue weighted by Gasteiger charge is -2.30. The summed E-state index contributed by atoms with van der Waals surface area (Å²) in [6, 6.07) is 3.48. The van der Waals surface area contributed by atoms with Crippen molar-refractivity contribution in [3.05, 3.63) is 21.3 Å². The Morgan fingerprint density at radius 1 is 1.39 bits per heavy atom. The second-order valence-electron chi connectivity index (χ2n) is 4.28. The Morgan fingerprint density at radius 2 is 2.06 bits per heavy atom. The highest BCUT2D eigenvalue weighted by atomic mass is 35.5. The second kappa shape index (κ2) is 5.71. The van der Waals surface area contributed by atoms with Crippen LogP contribution in [0.2, 0.25) is 4.34 Å². The van der Waals surface area contributed by atoms with E-state index in [1.807, 2.05) is 0 Å². The van der Waals surface area contributed by atoms with Gasteiger partial charge in [0.05, 0.1) is 9.21 Å². The highest BCUT2D eigenvalue weighted by Gasteiger charge is 2.27. The molecule has 1 N–H and O–H groups in total. The van der Waals surface area contributed by atoms with Gasteiger partial charge in [0, 0.05) is 26.1 Å². The molecule has 4 nitrogen and oxygen atoms in total. The summed E-state index contributed by atoms with van der Waals surface area (Å²) in [4.78, 5) is 26.1. The van der Waals surface area contributed by atoms with E-state index in [2.05, 4.69) is 5.32 Å². The van der Waals surface area contributed by atoms with E-state index in [-0.39, 0.29) is 17.7 Å². The van der Waals surface area contributed by atoms with Crippen LogP contribution in [0.5, 0.6) is 0 Å². The third-order valence-electron chi connectivity index (χ3n) is 3.18. The summed E-state index contributed by atoms with van der Waals surface area (Å²) in [5, 5.41) is 2.66. The molecule has 1 saturated heterocycles. The lowest BCUT2D eigenvalue weighted by atomic mass is 9.96. The molecule has 1 aromatic rings. The van der Waals surface area contributed by atoms with Crippen molar-refractivity contribution in [2.75, 3.05) is 20.1 Å². The third-order valence-corrected chi connectivity index (χ3v) is 4.40. The van der Waals surface area contributed by atoms with E-state index >= 15 is 0 Å². The number of halogens is 1. The number of amides is 2. The van der Waals surface area contributed by atoms with Crippen LogP contribution in [0, 0.1) is 5.92 Å². The molecule has 2 heterocycles. The third kappa shape index (κ3) is 2.84. The van der Waals surface area contributed by atoms with Crippen molar-refractivity contribution in [2.24, 2.45) is 5.92 Å². The van der Waals surface area contributed by atoms with Gasteiger partial charge in [-0.3, -0.25) is 9.59 Å². The van der Waals surface area contributed by atoms with Crippen molar-refractivity contribution in [3.8, 4) is 0 Å². The Kier molecular flexibility index (Phi) is 4.24. The molecule has 0 saturated carbocycles. The van der Waals surface area contributed by atoms with Crippen LogP contribution in [-0.2, 0) is 4.79 Å². The van der Waals surface area contributed by atoms with Gasteiger partial charge in [0.2, 0.25) is 5.91 Å². The van der Waals surface area contributed by atoms with Crippen LogP contribution in [0.25, 0.3) is 0 Å². The van der Waals surface area contributed by atoms with Crippen molar-refractivity contribution in [1.82, 2.24) is 10.2 Å². The van der Waals surface area contributed by atoms with Gasteiger partial charge in [-0.2, -0.15) is 0 Å². The highest BCUT2D eigenvalue weighted by molar-refractivity contribution is 7.17. The molecule has 1 aromatic heterocycles. The first kappa shape index (κ1) is 13.4. The fourth-order valence-electron chi connectivity index (χ4n) is 2.13. The number of rotatable bonds is 2. The Hall–Kier alpha value is -1.07. The number of thiophene rings is 1. The van der Waals surface area contributed by atoms with Crippen LogP contribution >= 0.6 is 22.9 Å². The Balaban J connectivity index is 1.94. The van der Waals surface area contributed by atoms with Crippen LogP contribution in [0.4, 0.5) is 0 Å². The van der Waals surface area contributed by atoms with Crippen molar-refractivity contribution in [3.63, 3.8) is 0 Å². The zero-order chi connectivity index (χ0) is 13.1. The summed E-state index contributed by atoms with van der Waals surface area (Å²) < 4.78 is 0.624. The van der Waals surface area contributed by atoms with Gasteiger partial charge in [0.1, 0.15) is 0 Å². The summed E-state index contributed by atoms with van der Waals surface area (Å²) >= 11 is 7.12. The highest BCUT2D eigenvalue weighted by Crippen LogP contribution is 2.25. The van der Waals surface area contributed by atoms with E-state index in [9.17, 15) is 9.59 Å². The molecule has 18 heavy (non-hydrogen) atoms. The molecule has 0 aliphatic carbocycles. The molecule has 2 amide bonds. The molecule has 6 heteroatoms. The van der Waals surface area contributed by atoms with Gasteiger partial charge < -0.3 is 10.2 Å². The molecule has 2 rings (SSSR count).